The van der Waals surface area contributed by atoms with Crippen molar-refractivity contribution in [2.45, 2.75) is 89.7 Å². The van der Waals surface area contributed by atoms with Gasteiger partial charge in [-0.1, -0.05) is 25.4 Å². The molecule has 8 nitrogen and oxygen atoms in total. The Labute approximate surface area is 335 Å². The molecule has 4 aromatic rings. The third-order valence-electron chi connectivity index (χ3n) is 8.43. The summed E-state index contributed by atoms with van der Waals surface area (Å²) in [6.45, 7) is 5.79. The van der Waals surface area contributed by atoms with Crippen LogP contribution in [0.1, 0.15) is 86.3 Å². The van der Waals surface area contributed by atoms with Crippen LogP contribution in [0.4, 0.5) is 102 Å². The van der Waals surface area contributed by atoms with E-state index < -0.39 is 122 Å². The summed E-state index contributed by atoms with van der Waals surface area (Å²) in [4.78, 5) is 30.9. The smallest absolute Gasteiger partial charge is 0.325 e. The van der Waals surface area contributed by atoms with E-state index in [0.717, 1.165) is 0 Å². The molecule has 4 rings (SSSR count). The molecule has 0 aliphatic rings. The summed E-state index contributed by atoms with van der Waals surface area (Å²) in [5.74, 6) is -2.00. The monoisotopic (exact) mass is 928 g/mol. The van der Waals surface area contributed by atoms with Crippen molar-refractivity contribution < 1.29 is 79.0 Å². The first-order valence-electron chi connectivity index (χ1n) is 16.7. The van der Waals surface area contributed by atoms with Gasteiger partial charge in [-0.2, -0.15) is 79.0 Å². The molecule has 0 aliphatic heterocycles. The lowest BCUT2D eigenvalue weighted by Crippen LogP contribution is -2.30. The number of anilines is 4. The second-order valence-electron chi connectivity index (χ2n) is 12.7. The molecular formula is C34H27ClF18N6O2. The van der Waals surface area contributed by atoms with Gasteiger partial charge >= 0.3 is 37.1 Å². The minimum absolute atomic E-state index is 0.0673. The maximum absolute atomic E-state index is 13.3. The highest BCUT2D eigenvalue weighted by molar-refractivity contribution is 6.31. The van der Waals surface area contributed by atoms with Gasteiger partial charge in [0.05, 0.1) is 33.6 Å². The van der Waals surface area contributed by atoms with Crippen LogP contribution in [0.2, 0.25) is 5.02 Å². The first kappa shape index (κ1) is 50.2. The molecule has 0 bridgehead atoms. The predicted octanol–water partition coefficient (Wildman–Crippen LogP) is 12.7. The molecule has 338 valence electrons. The van der Waals surface area contributed by atoms with E-state index in [1.165, 1.54) is 20.8 Å². The zero-order valence-corrected chi connectivity index (χ0v) is 31.7. The minimum atomic E-state index is -5.25. The average Bonchev–Trinajstić information content (AvgIpc) is 3.10. The average molecular weight is 929 g/mol. The van der Waals surface area contributed by atoms with Crippen LogP contribution in [0.3, 0.4) is 0 Å². The summed E-state index contributed by atoms with van der Waals surface area (Å²) in [7, 11) is 0. The van der Waals surface area contributed by atoms with E-state index in [1.54, 1.807) is 6.92 Å². The third kappa shape index (κ3) is 12.0. The van der Waals surface area contributed by atoms with E-state index in [9.17, 15) is 88.6 Å². The lowest BCUT2D eigenvalue weighted by molar-refractivity contribution is -0.142. The summed E-state index contributed by atoms with van der Waals surface area (Å²) >= 11 is 5.48. The van der Waals surface area contributed by atoms with Gasteiger partial charge in [-0.25, -0.2) is 9.97 Å². The van der Waals surface area contributed by atoms with E-state index in [-0.39, 0.29) is 55.3 Å². The zero-order chi connectivity index (χ0) is 47.0. The molecule has 27 heteroatoms. The number of aromatic nitrogens is 4. The normalized spacial score (nSPS) is 14.0. The van der Waals surface area contributed by atoms with Crippen molar-refractivity contribution in [1.82, 2.24) is 19.1 Å². The highest BCUT2D eigenvalue weighted by Gasteiger charge is 2.42. The van der Waals surface area contributed by atoms with Crippen molar-refractivity contribution in [2.24, 2.45) is 0 Å². The Morgan fingerprint density at radius 3 is 1.30 bits per heavy atom. The molecule has 2 unspecified atom stereocenters. The van der Waals surface area contributed by atoms with Crippen LogP contribution in [0.25, 0.3) is 0 Å². The van der Waals surface area contributed by atoms with Crippen LogP contribution in [0, 0.1) is 0 Å². The number of benzene rings is 2. The van der Waals surface area contributed by atoms with E-state index >= 15 is 0 Å². The first-order valence-corrected chi connectivity index (χ1v) is 17.1. The van der Waals surface area contributed by atoms with E-state index in [2.05, 4.69) is 9.97 Å². The fourth-order valence-corrected chi connectivity index (χ4v) is 5.34. The Bertz CT molecular complexity index is 2330. The van der Waals surface area contributed by atoms with E-state index in [0.29, 0.717) is 9.13 Å². The number of alkyl halides is 18. The molecule has 0 fully saturated rings. The number of nitrogens with zero attached hydrogens (tertiary/aromatic N) is 4. The number of rotatable bonds is 8. The molecule has 0 radical (unpaired) electrons. The number of hydrogen-bond acceptors (Lipinski definition) is 6. The van der Waals surface area contributed by atoms with Crippen molar-refractivity contribution in [3.63, 3.8) is 0 Å². The fraction of sp³-hybridized carbons (Fsp3) is 0.412. The summed E-state index contributed by atoms with van der Waals surface area (Å²) in [6.07, 6.45) is -30.4. The highest BCUT2D eigenvalue weighted by atomic mass is 35.5. The predicted molar refractivity (Wildman–Crippen MR) is 181 cm³/mol. The van der Waals surface area contributed by atoms with Crippen molar-refractivity contribution in [3.05, 3.63) is 102 Å². The molecule has 2 aromatic carbocycles. The van der Waals surface area contributed by atoms with Crippen LogP contribution in [0.15, 0.2) is 52.1 Å². The quantitative estimate of drug-likeness (QED) is 0.171. The largest absolute Gasteiger partial charge is 0.435 e. The Kier molecular flexibility index (Phi) is 14.5. The van der Waals surface area contributed by atoms with E-state index in [1.807, 2.05) is 10.6 Å². The molecule has 0 aliphatic carbocycles. The molecular weight excluding hydrogens is 902 g/mol. The summed E-state index contributed by atoms with van der Waals surface area (Å²) in [5, 5.41) is 2.37. The summed E-state index contributed by atoms with van der Waals surface area (Å²) in [6, 6.07) is -0.761. The maximum Gasteiger partial charge on any atom is 0.435 e. The van der Waals surface area contributed by atoms with Gasteiger partial charge in [0.1, 0.15) is 5.02 Å². The van der Waals surface area contributed by atoms with Crippen LogP contribution in [-0.4, -0.2) is 19.1 Å². The van der Waals surface area contributed by atoms with Gasteiger partial charge in [-0.05, 0) is 63.1 Å². The zero-order valence-electron chi connectivity index (χ0n) is 30.9. The van der Waals surface area contributed by atoms with Gasteiger partial charge in [-0.3, -0.25) is 18.7 Å². The van der Waals surface area contributed by atoms with Gasteiger partial charge in [-0.15, -0.1) is 0 Å². The first-order chi connectivity index (χ1) is 27.5. The molecule has 2 heterocycles. The lowest BCUT2D eigenvalue weighted by Gasteiger charge is -2.23. The summed E-state index contributed by atoms with van der Waals surface area (Å²) < 4.78 is 237. The number of halogens is 19. The van der Waals surface area contributed by atoms with Gasteiger partial charge in [0.15, 0.2) is 11.4 Å². The molecule has 2 aromatic heterocycles. The molecule has 0 saturated heterocycles. The molecule has 2 N–H and O–H groups in total. The van der Waals surface area contributed by atoms with Crippen molar-refractivity contribution in [1.29, 1.82) is 0 Å². The van der Waals surface area contributed by atoms with Gasteiger partial charge < -0.3 is 10.6 Å². The number of nitrogens with one attached hydrogen (secondary N) is 2. The topological polar surface area (TPSA) is 93.8 Å². The van der Waals surface area contributed by atoms with Crippen LogP contribution >= 0.6 is 11.6 Å². The maximum atomic E-state index is 13.3. The molecule has 2 atom stereocenters. The highest BCUT2D eigenvalue weighted by Crippen LogP contribution is 2.42. The molecule has 0 spiro atoms. The van der Waals surface area contributed by atoms with Gasteiger partial charge in [0.2, 0.25) is 11.9 Å². The molecule has 61 heavy (non-hydrogen) atoms. The van der Waals surface area contributed by atoms with Gasteiger partial charge in [0.25, 0.3) is 11.1 Å². The van der Waals surface area contributed by atoms with Gasteiger partial charge in [0, 0.05) is 18.2 Å². The van der Waals surface area contributed by atoms with Crippen LogP contribution in [0.5, 0.6) is 0 Å². The second kappa shape index (κ2) is 17.7. The molecule has 0 amide bonds. The SMILES string of the molecule is CCC(C)n1c(Nc2cc(C(F)(F)F)ccc2C(F)(F)F)nc(C(F)(F)F)c(Cl)c1=O.CCC(C)n1c(Nc2cc(C(F)(F)F)ccc2C(F)(F)F)nc(C(F)(F)F)cc1=O. The third-order valence-corrected chi connectivity index (χ3v) is 8.77. The summed E-state index contributed by atoms with van der Waals surface area (Å²) in [5.41, 5.74) is -14.8. The Morgan fingerprint density at radius 2 is 0.951 bits per heavy atom. The number of hydrogen-bond donors (Lipinski definition) is 2. The van der Waals surface area contributed by atoms with Crippen LogP contribution < -0.4 is 21.8 Å². The fourth-order valence-electron chi connectivity index (χ4n) is 5.10. The van der Waals surface area contributed by atoms with Crippen molar-refractivity contribution in [3.8, 4) is 0 Å². The Balaban J connectivity index is 0.000000325. The minimum Gasteiger partial charge on any atom is -0.325 e. The molecule has 0 saturated carbocycles. The van der Waals surface area contributed by atoms with Crippen LogP contribution in [-0.2, 0) is 37.1 Å². The van der Waals surface area contributed by atoms with E-state index in [4.69, 9.17) is 11.6 Å². The second-order valence-corrected chi connectivity index (χ2v) is 13.1. The Hall–Kier alpha value is -5.17. The van der Waals surface area contributed by atoms with Crippen molar-refractivity contribution >= 4 is 34.9 Å². The Morgan fingerprint density at radius 1 is 0.557 bits per heavy atom. The standard InChI is InChI=1S/C17H13ClF9N3O.C17H14F9N3O/c1-3-7(2)30-13(31)11(18)12(17(25,26)27)29-14(30)28-10-6-8(15(19,20)21)4-5-9(10)16(22,23)24;1-3-8(2)29-13(30)7-12(17(24,25)26)28-14(29)27-11-6-9(15(18,19)20)4-5-10(11)16(21,22)23/h4-7H,3H2,1-2H3,(H,28,29);4-8H,3H2,1-2H3,(H,27,28). The lowest BCUT2D eigenvalue weighted by atomic mass is 10.1. The van der Waals surface area contributed by atoms with Crippen molar-refractivity contribution in [2.75, 3.05) is 10.6 Å².